The molecule has 1 fully saturated rings. The van der Waals surface area contributed by atoms with Gasteiger partial charge in [0, 0.05) is 25.0 Å². The lowest BCUT2D eigenvalue weighted by Crippen LogP contribution is -2.50. The number of methoxy groups -OCH3 is 2. The first kappa shape index (κ1) is 18.4. The number of likely N-dealkylation sites (tertiary alicyclic amines) is 1. The summed E-state index contributed by atoms with van der Waals surface area (Å²) in [7, 11) is 3.23. The molecule has 1 amide bonds. The van der Waals surface area contributed by atoms with Crippen molar-refractivity contribution < 1.29 is 19.0 Å². The highest BCUT2D eigenvalue weighted by molar-refractivity contribution is 5.68. The number of piperidine rings is 1. The maximum absolute atomic E-state index is 12.2. The fourth-order valence-corrected chi connectivity index (χ4v) is 2.97. The summed E-state index contributed by atoms with van der Waals surface area (Å²) >= 11 is 0. The average molecular weight is 336 g/mol. The molecule has 1 heterocycles. The van der Waals surface area contributed by atoms with Crippen LogP contribution in [0.15, 0.2) is 18.2 Å². The van der Waals surface area contributed by atoms with E-state index in [0.717, 1.165) is 12.0 Å². The predicted octanol–water partition coefficient (Wildman–Crippen LogP) is 2.76. The zero-order valence-corrected chi connectivity index (χ0v) is 15.2. The number of rotatable bonds is 3. The van der Waals surface area contributed by atoms with Gasteiger partial charge in [0.05, 0.1) is 14.2 Å². The van der Waals surface area contributed by atoms with Gasteiger partial charge in [-0.1, -0.05) is 6.07 Å². The molecule has 0 bridgehead atoms. The van der Waals surface area contributed by atoms with Crippen molar-refractivity contribution in [3.05, 3.63) is 23.8 Å². The van der Waals surface area contributed by atoms with Gasteiger partial charge < -0.3 is 24.8 Å². The van der Waals surface area contributed by atoms with E-state index in [4.69, 9.17) is 19.9 Å². The molecular formula is C18H28N2O4. The molecule has 6 heteroatoms. The molecule has 1 aromatic carbocycles. The number of amides is 1. The van der Waals surface area contributed by atoms with E-state index in [0.29, 0.717) is 24.6 Å². The van der Waals surface area contributed by atoms with Crippen LogP contribution in [0.4, 0.5) is 4.79 Å². The van der Waals surface area contributed by atoms with E-state index < -0.39 is 5.60 Å². The Bertz CT molecular complexity index is 583. The molecule has 2 rings (SSSR count). The van der Waals surface area contributed by atoms with Crippen molar-refractivity contribution in [3.63, 3.8) is 0 Å². The molecule has 134 valence electrons. The molecule has 1 aliphatic heterocycles. The van der Waals surface area contributed by atoms with Crippen molar-refractivity contribution in [2.45, 2.75) is 44.8 Å². The molecule has 6 nitrogen and oxygen atoms in total. The largest absolute Gasteiger partial charge is 0.493 e. The van der Waals surface area contributed by atoms with Crippen LogP contribution in [0.2, 0.25) is 0 Å². The summed E-state index contributed by atoms with van der Waals surface area (Å²) in [4.78, 5) is 13.9. The Morgan fingerprint density at radius 2 is 1.88 bits per heavy atom. The summed E-state index contributed by atoms with van der Waals surface area (Å²) in [5, 5.41) is 0. The van der Waals surface area contributed by atoms with Crippen LogP contribution < -0.4 is 15.2 Å². The summed E-state index contributed by atoms with van der Waals surface area (Å²) < 4.78 is 16.1. The number of carbonyl (C=O) groups excluding carboxylic acids is 1. The number of benzene rings is 1. The van der Waals surface area contributed by atoms with Gasteiger partial charge in [0.15, 0.2) is 11.5 Å². The standard InChI is InChI=1S/C18H28N2O4/c1-18(2,3)24-17(21)20-9-8-13(14(19)11-20)12-6-7-15(22-4)16(10-12)23-5/h6-7,10,13-14H,8-9,11,19H2,1-5H3. The van der Waals surface area contributed by atoms with Crippen LogP contribution in [0, 0.1) is 0 Å². The molecule has 0 spiro atoms. The number of nitrogens with zero attached hydrogens (tertiary/aromatic N) is 1. The Hall–Kier alpha value is -1.95. The molecule has 2 unspecified atom stereocenters. The fraction of sp³-hybridized carbons (Fsp3) is 0.611. The minimum atomic E-state index is -0.499. The van der Waals surface area contributed by atoms with Crippen LogP contribution in [0.1, 0.15) is 38.7 Å². The van der Waals surface area contributed by atoms with Gasteiger partial charge in [-0.05, 0) is 44.9 Å². The lowest BCUT2D eigenvalue weighted by molar-refractivity contribution is 0.0186. The smallest absolute Gasteiger partial charge is 0.410 e. The summed E-state index contributed by atoms with van der Waals surface area (Å²) in [6.45, 7) is 6.69. The second-order valence-electron chi connectivity index (χ2n) is 7.10. The van der Waals surface area contributed by atoms with Crippen LogP contribution >= 0.6 is 0 Å². The van der Waals surface area contributed by atoms with Crippen LogP contribution in [0.25, 0.3) is 0 Å². The van der Waals surface area contributed by atoms with Gasteiger partial charge in [-0.2, -0.15) is 0 Å². The van der Waals surface area contributed by atoms with Gasteiger partial charge >= 0.3 is 6.09 Å². The molecule has 1 aromatic rings. The molecule has 2 atom stereocenters. The normalized spacial score (nSPS) is 21.3. The highest BCUT2D eigenvalue weighted by Crippen LogP contribution is 2.34. The zero-order chi connectivity index (χ0) is 17.9. The van der Waals surface area contributed by atoms with E-state index in [9.17, 15) is 4.79 Å². The minimum Gasteiger partial charge on any atom is -0.493 e. The Balaban J connectivity index is 2.07. The summed E-state index contributed by atoms with van der Waals surface area (Å²) in [6, 6.07) is 5.71. The maximum Gasteiger partial charge on any atom is 0.410 e. The van der Waals surface area contributed by atoms with E-state index in [1.807, 2.05) is 39.0 Å². The van der Waals surface area contributed by atoms with Gasteiger partial charge in [0.2, 0.25) is 0 Å². The molecule has 24 heavy (non-hydrogen) atoms. The minimum absolute atomic E-state index is 0.149. The van der Waals surface area contributed by atoms with Gasteiger partial charge in [0.1, 0.15) is 5.60 Å². The van der Waals surface area contributed by atoms with Crippen LogP contribution in [0.5, 0.6) is 11.5 Å². The Morgan fingerprint density at radius 1 is 1.21 bits per heavy atom. The molecular weight excluding hydrogens is 308 g/mol. The predicted molar refractivity (Wildman–Crippen MR) is 92.7 cm³/mol. The van der Waals surface area contributed by atoms with Crippen molar-refractivity contribution in [1.29, 1.82) is 0 Å². The third-order valence-corrected chi connectivity index (χ3v) is 4.15. The van der Waals surface area contributed by atoms with Crippen molar-refractivity contribution in [2.24, 2.45) is 5.73 Å². The third kappa shape index (κ3) is 4.32. The Labute approximate surface area is 143 Å². The lowest BCUT2D eigenvalue weighted by atomic mass is 9.85. The number of carbonyl (C=O) groups is 1. The number of hydrogen-bond donors (Lipinski definition) is 1. The molecule has 0 aliphatic carbocycles. The van der Waals surface area contributed by atoms with Gasteiger partial charge in [-0.3, -0.25) is 0 Å². The van der Waals surface area contributed by atoms with Crippen molar-refractivity contribution in [2.75, 3.05) is 27.3 Å². The lowest BCUT2D eigenvalue weighted by Gasteiger charge is -2.37. The summed E-state index contributed by atoms with van der Waals surface area (Å²) in [6.07, 6.45) is 0.485. The maximum atomic E-state index is 12.2. The van der Waals surface area contributed by atoms with Crippen LogP contribution in [0.3, 0.4) is 0 Å². The van der Waals surface area contributed by atoms with Crippen LogP contribution in [-0.4, -0.2) is 49.9 Å². The Kier molecular flexibility index (Phi) is 5.59. The summed E-state index contributed by atoms with van der Waals surface area (Å²) in [5.74, 6) is 1.56. The highest BCUT2D eigenvalue weighted by Gasteiger charge is 2.32. The van der Waals surface area contributed by atoms with E-state index in [-0.39, 0.29) is 18.1 Å². The van der Waals surface area contributed by atoms with Gasteiger partial charge in [0.25, 0.3) is 0 Å². The first-order valence-corrected chi connectivity index (χ1v) is 8.20. The van der Waals surface area contributed by atoms with Crippen molar-refractivity contribution in [1.82, 2.24) is 4.90 Å². The molecule has 0 aromatic heterocycles. The number of nitrogens with two attached hydrogens (primary N) is 1. The monoisotopic (exact) mass is 336 g/mol. The third-order valence-electron chi connectivity index (χ3n) is 4.15. The SMILES string of the molecule is COc1ccc(C2CCN(C(=O)OC(C)(C)C)CC2N)cc1OC. The molecule has 2 N–H and O–H groups in total. The van der Waals surface area contributed by atoms with Gasteiger partial charge in [-0.15, -0.1) is 0 Å². The second-order valence-corrected chi connectivity index (χ2v) is 7.10. The fourth-order valence-electron chi connectivity index (χ4n) is 2.97. The first-order chi connectivity index (χ1) is 11.2. The number of hydrogen-bond acceptors (Lipinski definition) is 5. The van der Waals surface area contributed by atoms with E-state index >= 15 is 0 Å². The van der Waals surface area contributed by atoms with Crippen LogP contribution in [-0.2, 0) is 4.74 Å². The molecule has 0 radical (unpaired) electrons. The highest BCUT2D eigenvalue weighted by atomic mass is 16.6. The molecule has 1 aliphatic rings. The summed E-state index contributed by atoms with van der Waals surface area (Å²) in [5.41, 5.74) is 6.95. The second kappa shape index (κ2) is 7.30. The quantitative estimate of drug-likeness (QED) is 0.919. The average Bonchev–Trinajstić information content (AvgIpc) is 2.52. The van der Waals surface area contributed by atoms with E-state index in [1.165, 1.54) is 0 Å². The number of ether oxygens (including phenoxy) is 3. The van der Waals surface area contributed by atoms with Crippen molar-refractivity contribution >= 4 is 6.09 Å². The van der Waals surface area contributed by atoms with Gasteiger partial charge in [-0.25, -0.2) is 4.79 Å². The first-order valence-electron chi connectivity index (χ1n) is 8.20. The van der Waals surface area contributed by atoms with E-state index in [2.05, 4.69) is 0 Å². The molecule has 1 saturated heterocycles. The molecule has 0 saturated carbocycles. The Morgan fingerprint density at radius 3 is 2.42 bits per heavy atom. The van der Waals surface area contributed by atoms with E-state index in [1.54, 1.807) is 19.1 Å². The zero-order valence-electron chi connectivity index (χ0n) is 15.2. The van der Waals surface area contributed by atoms with Crippen molar-refractivity contribution in [3.8, 4) is 11.5 Å². The topological polar surface area (TPSA) is 74.0 Å².